The lowest BCUT2D eigenvalue weighted by molar-refractivity contribution is 0.0955. The number of amides is 1. The lowest BCUT2D eigenvalue weighted by Crippen LogP contribution is -2.26. The van der Waals surface area contributed by atoms with E-state index in [2.05, 4.69) is 37.3 Å². The van der Waals surface area contributed by atoms with Crippen molar-refractivity contribution in [1.82, 2.24) is 20.1 Å². The molecule has 3 aromatic heterocycles. The van der Waals surface area contributed by atoms with Gasteiger partial charge in [0.15, 0.2) is 5.65 Å². The number of thiophene rings is 1. The second-order valence-corrected chi connectivity index (χ2v) is 7.57. The number of aryl methyl sites for hydroxylation is 1. The molecule has 0 aromatic carbocycles. The average Bonchev–Trinajstić information content (AvgIpc) is 3.20. The van der Waals surface area contributed by atoms with Crippen molar-refractivity contribution in [2.75, 3.05) is 13.1 Å². The minimum atomic E-state index is -0.112. The number of nitrogens with zero attached hydrogens (tertiary/aromatic N) is 3. The van der Waals surface area contributed by atoms with E-state index in [0.29, 0.717) is 18.7 Å². The van der Waals surface area contributed by atoms with Gasteiger partial charge < -0.3 is 11.1 Å². The molecule has 9 heteroatoms. The fourth-order valence-corrected chi connectivity index (χ4v) is 3.51. The third-order valence-corrected chi connectivity index (χ3v) is 4.98. The molecule has 0 aliphatic carbocycles. The Morgan fingerprint density at radius 1 is 1.33 bits per heavy atom. The highest BCUT2D eigenvalue weighted by atomic mass is 35.5. The summed E-state index contributed by atoms with van der Waals surface area (Å²) in [5.74, 6) is -0.112. The molecule has 0 spiro atoms. The first-order chi connectivity index (χ1) is 12.0. The Kier molecular flexibility index (Phi) is 8.68. The van der Waals surface area contributed by atoms with Gasteiger partial charge in [0.2, 0.25) is 0 Å². The van der Waals surface area contributed by atoms with E-state index < -0.39 is 0 Å². The van der Waals surface area contributed by atoms with Crippen LogP contribution in [0.15, 0.2) is 24.4 Å². The van der Waals surface area contributed by atoms with E-state index in [0.717, 1.165) is 28.0 Å². The molecule has 148 valence electrons. The molecule has 27 heavy (non-hydrogen) atoms. The van der Waals surface area contributed by atoms with E-state index in [1.54, 1.807) is 17.5 Å². The molecule has 0 unspecified atom stereocenters. The number of pyridine rings is 1. The highest BCUT2D eigenvalue weighted by Gasteiger charge is 2.18. The number of nitrogens with one attached hydrogen (secondary N) is 1. The summed E-state index contributed by atoms with van der Waals surface area (Å²) in [6, 6.07) is 6.13. The molecule has 0 radical (unpaired) electrons. The second kappa shape index (κ2) is 10.0. The Morgan fingerprint density at radius 2 is 2.07 bits per heavy atom. The Labute approximate surface area is 175 Å². The zero-order valence-electron chi connectivity index (χ0n) is 15.6. The van der Waals surface area contributed by atoms with Crippen LogP contribution in [-0.4, -0.2) is 33.8 Å². The van der Waals surface area contributed by atoms with E-state index in [1.807, 2.05) is 16.8 Å². The average molecular weight is 430 g/mol. The van der Waals surface area contributed by atoms with Crippen molar-refractivity contribution < 1.29 is 4.79 Å². The second-order valence-electron chi connectivity index (χ2n) is 6.28. The number of carbonyl (C=O) groups is 1. The fraction of sp³-hybridized carbons (Fsp3) is 0.389. The normalized spacial score (nSPS) is 10.6. The molecule has 3 rings (SSSR count). The van der Waals surface area contributed by atoms with Crippen LogP contribution in [0.1, 0.15) is 41.5 Å². The van der Waals surface area contributed by atoms with Gasteiger partial charge in [-0.1, -0.05) is 0 Å². The maximum atomic E-state index is 12.7. The SMILES string of the molecule is Cc1ccc(-c2cc(C(=O)NCCCN)c3cnn(C(C)C)c3n2)s1.Cl.Cl. The van der Waals surface area contributed by atoms with Gasteiger partial charge in [-0.3, -0.25) is 4.79 Å². The molecule has 0 saturated carbocycles. The fourth-order valence-electron chi connectivity index (χ4n) is 2.68. The van der Waals surface area contributed by atoms with Crippen LogP contribution >= 0.6 is 36.2 Å². The van der Waals surface area contributed by atoms with Crippen molar-refractivity contribution in [3.05, 3.63) is 34.8 Å². The molecular formula is C18H25Cl2N5OS. The minimum absolute atomic E-state index is 0. The smallest absolute Gasteiger partial charge is 0.252 e. The first kappa shape index (κ1) is 23.4. The molecule has 0 aliphatic rings. The number of hydrogen-bond donors (Lipinski definition) is 2. The zero-order valence-corrected chi connectivity index (χ0v) is 18.0. The number of halogens is 2. The maximum Gasteiger partial charge on any atom is 0.252 e. The highest BCUT2D eigenvalue weighted by molar-refractivity contribution is 7.15. The summed E-state index contributed by atoms with van der Waals surface area (Å²) in [5.41, 5.74) is 7.66. The van der Waals surface area contributed by atoms with Gasteiger partial charge in [0.05, 0.1) is 27.7 Å². The summed E-state index contributed by atoms with van der Waals surface area (Å²) < 4.78 is 1.86. The predicted molar refractivity (Wildman–Crippen MR) is 116 cm³/mol. The summed E-state index contributed by atoms with van der Waals surface area (Å²) in [7, 11) is 0. The van der Waals surface area contributed by atoms with Crippen molar-refractivity contribution in [3.63, 3.8) is 0 Å². The van der Waals surface area contributed by atoms with Crippen molar-refractivity contribution in [3.8, 4) is 10.6 Å². The van der Waals surface area contributed by atoms with Gasteiger partial charge in [-0.15, -0.1) is 36.2 Å². The third-order valence-electron chi connectivity index (χ3n) is 3.96. The number of carbonyl (C=O) groups excluding carboxylic acids is 1. The summed E-state index contributed by atoms with van der Waals surface area (Å²) in [4.78, 5) is 19.7. The Morgan fingerprint density at radius 3 is 2.67 bits per heavy atom. The number of hydrogen-bond acceptors (Lipinski definition) is 5. The number of aromatic nitrogens is 3. The minimum Gasteiger partial charge on any atom is -0.352 e. The molecule has 3 N–H and O–H groups in total. The molecule has 1 amide bonds. The number of nitrogens with two attached hydrogens (primary N) is 1. The van der Waals surface area contributed by atoms with Crippen molar-refractivity contribution in [2.24, 2.45) is 5.73 Å². The van der Waals surface area contributed by atoms with Gasteiger partial charge in [0.1, 0.15) is 0 Å². The summed E-state index contributed by atoms with van der Waals surface area (Å²) >= 11 is 1.67. The highest BCUT2D eigenvalue weighted by Crippen LogP contribution is 2.30. The zero-order chi connectivity index (χ0) is 18.0. The van der Waals surface area contributed by atoms with E-state index in [4.69, 9.17) is 10.7 Å². The van der Waals surface area contributed by atoms with E-state index in [1.165, 1.54) is 4.88 Å². The Hall–Kier alpha value is -1.67. The van der Waals surface area contributed by atoms with Crippen LogP contribution in [0.3, 0.4) is 0 Å². The maximum absolute atomic E-state index is 12.7. The van der Waals surface area contributed by atoms with Crippen molar-refractivity contribution in [2.45, 2.75) is 33.2 Å². The van der Waals surface area contributed by atoms with Crippen molar-refractivity contribution >= 4 is 53.1 Å². The molecule has 3 aromatic rings. The van der Waals surface area contributed by atoms with Crippen LogP contribution < -0.4 is 11.1 Å². The predicted octanol–water partition coefficient (Wildman–Crippen LogP) is 3.97. The van der Waals surface area contributed by atoms with Gasteiger partial charge in [0, 0.05) is 17.5 Å². The molecule has 3 heterocycles. The Bertz CT molecular complexity index is 906. The van der Waals surface area contributed by atoms with Crippen LogP contribution in [0.25, 0.3) is 21.6 Å². The quantitative estimate of drug-likeness (QED) is 0.580. The summed E-state index contributed by atoms with van der Waals surface area (Å²) in [5, 5.41) is 8.14. The van der Waals surface area contributed by atoms with Gasteiger partial charge in [-0.05, 0) is 51.9 Å². The van der Waals surface area contributed by atoms with Gasteiger partial charge in [-0.2, -0.15) is 5.10 Å². The first-order valence-corrected chi connectivity index (χ1v) is 9.26. The number of rotatable bonds is 6. The van der Waals surface area contributed by atoms with Gasteiger partial charge >= 0.3 is 0 Å². The molecule has 0 aliphatic heterocycles. The summed E-state index contributed by atoms with van der Waals surface area (Å²) in [6.45, 7) is 7.28. The number of fused-ring (bicyclic) bond motifs is 1. The van der Waals surface area contributed by atoms with E-state index in [-0.39, 0.29) is 36.8 Å². The van der Waals surface area contributed by atoms with E-state index in [9.17, 15) is 4.79 Å². The lowest BCUT2D eigenvalue weighted by atomic mass is 10.1. The molecule has 0 bridgehead atoms. The topological polar surface area (TPSA) is 85.8 Å². The van der Waals surface area contributed by atoms with Gasteiger partial charge in [0.25, 0.3) is 5.91 Å². The van der Waals surface area contributed by atoms with Crippen LogP contribution in [0.5, 0.6) is 0 Å². The van der Waals surface area contributed by atoms with Crippen LogP contribution in [0, 0.1) is 6.92 Å². The molecule has 6 nitrogen and oxygen atoms in total. The van der Waals surface area contributed by atoms with Gasteiger partial charge in [-0.25, -0.2) is 9.67 Å². The van der Waals surface area contributed by atoms with Crippen molar-refractivity contribution in [1.29, 1.82) is 0 Å². The van der Waals surface area contributed by atoms with Crippen LogP contribution in [0.4, 0.5) is 0 Å². The first-order valence-electron chi connectivity index (χ1n) is 8.44. The standard InChI is InChI=1S/C18H23N5OS.2ClH/c1-11(2)23-17-14(10-21-23)13(18(24)20-8-4-7-19)9-15(22-17)16-6-5-12(3)25-16;;/h5-6,9-11H,4,7-8,19H2,1-3H3,(H,20,24);2*1H. The molecular weight excluding hydrogens is 405 g/mol. The summed E-state index contributed by atoms with van der Waals surface area (Å²) in [6.07, 6.45) is 2.48. The monoisotopic (exact) mass is 429 g/mol. The van der Waals surface area contributed by atoms with E-state index >= 15 is 0 Å². The van der Waals surface area contributed by atoms with Crippen LogP contribution in [0.2, 0.25) is 0 Å². The lowest BCUT2D eigenvalue weighted by Gasteiger charge is -2.10. The molecule has 0 saturated heterocycles. The Balaban J connectivity index is 0.00000182. The molecule has 0 fully saturated rings. The molecule has 0 atom stereocenters. The third kappa shape index (κ3) is 4.99. The largest absolute Gasteiger partial charge is 0.352 e. The van der Waals surface area contributed by atoms with Crippen LogP contribution in [-0.2, 0) is 0 Å².